The molecule has 0 spiro atoms. The van der Waals surface area contributed by atoms with Gasteiger partial charge in [0.1, 0.15) is 5.82 Å². The number of H-pyrrole nitrogens is 1. The monoisotopic (exact) mass is 374 g/mol. The number of carbonyl (C=O) groups is 2. The van der Waals surface area contributed by atoms with Crippen molar-refractivity contribution in [1.82, 2.24) is 9.97 Å². The maximum Gasteiger partial charge on any atom is 0.258 e. The number of anilines is 2. The number of nitrogens with one attached hydrogen (secondary N) is 3. The fourth-order valence-corrected chi connectivity index (χ4v) is 2.71. The van der Waals surface area contributed by atoms with Gasteiger partial charge in [0.2, 0.25) is 0 Å². The quantitative estimate of drug-likeness (QED) is 0.638. The second-order valence-corrected chi connectivity index (χ2v) is 5.85. The number of amides is 2. The van der Waals surface area contributed by atoms with Crippen LogP contribution in [0.3, 0.4) is 0 Å². The molecule has 8 heteroatoms. The van der Waals surface area contributed by atoms with Gasteiger partial charge in [-0.2, -0.15) is 0 Å². The Bertz CT molecular complexity index is 906. The normalized spacial score (nSPS) is 10.3. The van der Waals surface area contributed by atoms with E-state index >= 15 is 0 Å². The molecular formula is C17H12Cl2N4O2. The lowest BCUT2D eigenvalue weighted by Gasteiger charge is -2.09. The minimum absolute atomic E-state index is 0.181. The zero-order valence-corrected chi connectivity index (χ0v) is 14.2. The molecule has 0 fully saturated rings. The first-order chi connectivity index (χ1) is 12.0. The smallest absolute Gasteiger partial charge is 0.258 e. The minimum atomic E-state index is -0.454. The number of aromatic amines is 1. The number of aromatic nitrogens is 2. The van der Waals surface area contributed by atoms with Crippen LogP contribution in [0.5, 0.6) is 0 Å². The fraction of sp³-hybridized carbons (Fsp3) is 0. The SMILES string of the molecule is O=C(Nc1cc(NC(=O)c2c(Cl)cccc2Cl)ccn1)c1cc[nH]c1. The lowest BCUT2D eigenvalue weighted by atomic mass is 10.2. The summed E-state index contributed by atoms with van der Waals surface area (Å²) in [7, 11) is 0. The molecule has 0 radical (unpaired) electrons. The highest BCUT2D eigenvalue weighted by Crippen LogP contribution is 2.25. The molecular weight excluding hydrogens is 363 g/mol. The van der Waals surface area contributed by atoms with Gasteiger partial charge in [0, 0.05) is 30.3 Å². The van der Waals surface area contributed by atoms with Gasteiger partial charge in [-0.25, -0.2) is 4.98 Å². The predicted octanol–water partition coefficient (Wildman–Crippen LogP) is 4.22. The number of pyridine rings is 1. The number of halogens is 2. The highest BCUT2D eigenvalue weighted by molar-refractivity contribution is 6.40. The second kappa shape index (κ2) is 7.38. The maximum absolute atomic E-state index is 12.4. The van der Waals surface area contributed by atoms with Crippen molar-refractivity contribution in [2.45, 2.75) is 0 Å². The number of carbonyl (C=O) groups excluding carboxylic acids is 2. The molecule has 0 bridgehead atoms. The van der Waals surface area contributed by atoms with Gasteiger partial charge in [-0.1, -0.05) is 29.3 Å². The number of nitrogens with zero attached hydrogens (tertiary/aromatic N) is 1. The lowest BCUT2D eigenvalue weighted by Crippen LogP contribution is -2.15. The van der Waals surface area contributed by atoms with Crippen LogP contribution in [0.4, 0.5) is 11.5 Å². The third-order valence-electron chi connectivity index (χ3n) is 3.31. The van der Waals surface area contributed by atoms with Crippen molar-refractivity contribution in [2.24, 2.45) is 0 Å². The highest BCUT2D eigenvalue weighted by Gasteiger charge is 2.15. The summed E-state index contributed by atoms with van der Waals surface area (Å²) in [5.41, 5.74) is 1.10. The van der Waals surface area contributed by atoms with E-state index in [2.05, 4.69) is 20.6 Å². The summed E-state index contributed by atoms with van der Waals surface area (Å²) in [6, 6.07) is 9.58. The molecule has 2 amide bonds. The molecule has 0 aliphatic rings. The van der Waals surface area contributed by atoms with Crippen molar-refractivity contribution in [1.29, 1.82) is 0 Å². The van der Waals surface area contributed by atoms with Gasteiger partial charge in [-0.05, 0) is 24.3 Å². The topological polar surface area (TPSA) is 86.9 Å². The number of benzene rings is 1. The van der Waals surface area contributed by atoms with E-state index in [0.29, 0.717) is 17.1 Å². The third-order valence-corrected chi connectivity index (χ3v) is 3.94. The van der Waals surface area contributed by atoms with Crippen LogP contribution >= 0.6 is 23.2 Å². The Kier molecular flexibility index (Phi) is 5.02. The standard InChI is InChI=1S/C17H12Cl2N4O2/c18-12-2-1-3-13(19)15(12)17(25)22-11-5-7-21-14(8-11)23-16(24)10-4-6-20-9-10/h1-9,20H,(H2,21,22,23,24,25). The average Bonchev–Trinajstić information content (AvgIpc) is 3.09. The summed E-state index contributed by atoms with van der Waals surface area (Å²) >= 11 is 12.1. The summed E-state index contributed by atoms with van der Waals surface area (Å²) in [5, 5.41) is 5.83. The molecule has 6 nitrogen and oxygen atoms in total. The first kappa shape index (κ1) is 17.0. The van der Waals surface area contributed by atoms with Gasteiger partial charge >= 0.3 is 0 Å². The molecule has 0 aliphatic carbocycles. The molecule has 0 atom stereocenters. The van der Waals surface area contributed by atoms with Gasteiger partial charge in [-0.3, -0.25) is 9.59 Å². The van der Waals surface area contributed by atoms with Gasteiger partial charge in [0.05, 0.1) is 21.2 Å². The molecule has 0 aliphatic heterocycles. The fourth-order valence-electron chi connectivity index (χ4n) is 2.14. The van der Waals surface area contributed by atoms with Crippen LogP contribution in [0, 0.1) is 0 Å². The van der Waals surface area contributed by atoms with Crippen LogP contribution in [-0.4, -0.2) is 21.8 Å². The van der Waals surface area contributed by atoms with E-state index in [1.54, 1.807) is 42.7 Å². The Hall–Kier alpha value is -2.83. The van der Waals surface area contributed by atoms with Crippen molar-refractivity contribution in [3.05, 3.63) is 76.2 Å². The van der Waals surface area contributed by atoms with Gasteiger partial charge < -0.3 is 15.6 Å². The Morgan fingerprint density at radius 3 is 2.44 bits per heavy atom. The molecule has 1 aromatic carbocycles. The molecule has 3 N–H and O–H groups in total. The van der Waals surface area contributed by atoms with Gasteiger partial charge in [0.25, 0.3) is 11.8 Å². The molecule has 0 saturated heterocycles. The van der Waals surface area contributed by atoms with E-state index in [-0.39, 0.29) is 21.5 Å². The first-order valence-corrected chi connectivity index (χ1v) is 7.96. The molecule has 2 heterocycles. The zero-order chi connectivity index (χ0) is 17.8. The van der Waals surface area contributed by atoms with Crippen LogP contribution in [0.2, 0.25) is 10.0 Å². The summed E-state index contributed by atoms with van der Waals surface area (Å²) in [4.78, 5) is 31.3. The largest absolute Gasteiger partial charge is 0.367 e. The molecule has 3 aromatic rings. The van der Waals surface area contributed by atoms with Crippen LogP contribution in [-0.2, 0) is 0 Å². The molecule has 2 aromatic heterocycles. The van der Waals surface area contributed by atoms with Gasteiger partial charge in [0.15, 0.2) is 0 Å². The van der Waals surface area contributed by atoms with Crippen LogP contribution in [0.25, 0.3) is 0 Å². The molecule has 0 unspecified atom stereocenters. The molecule has 25 heavy (non-hydrogen) atoms. The Balaban J connectivity index is 1.76. The van der Waals surface area contributed by atoms with E-state index in [0.717, 1.165) is 0 Å². The molecule has 0 saturated carbocycles. The van der Waals surface area contributed by atoms with Crippen molar-refractivity contribution < 1.29 is 9.59 Å². The number of hydrogen-bond donors (Lipinski definition) is 3. The summed E-state index contributed by atoms with van der Waals surface area (Å²) < 4.78 is 0. The van der Waals surface area contributed by atoms with Crippen molar-refractivity contribution in [3.8, 4) is 0 Å². The minimum Gasteiger partial charge on any atom is -0.367 e. The summed E-state index contributed by atoms with van der Waals surface area (Å²) in [6.07, 6.45) is 4.68. The summed E-state index contributed by atoms with van der Waals surface area (Å²) in [5.74, 6) is -0.467. The zero-order valence-electron chi connectivity index (χ0n) is 12.7. The summed E-state index contributed by atoms with van der Waals surface area (Å²) in [6.45, 7) is 0. The number of hydrogen-bond acceptors (Lipinski definition) is 3. The maximum atomic E-state index is 12.4. The Morgan fingerprint density at radius 2 is 1.76 bits per heavy atom. The van der Waals surface area contributed by atoms with E-state index in [1.165, 1.54) is 12.3 Å². The van der Waals surface area contributed by atoms with Crippen molar-refractivity contribution in [2.75, 3.05) is 10.6 Å². The molecule has 126 valence electrons. The van der Waals surface area contributed by atoms with Crippen molar-refractivity contribution in [3.63, 3.8) is 0 Å². The third kappa shape index (κ3) is 3.99. The first-order valence-electron chi connectivity index (χ1n) is 7.20. The van der Waals surface area contributed by atoms with E-state index in [4.69, 9.17) is 23.2 Å². The highest BCUT2D eigenvalue weighted by atomic mass is 35.5. The van der Waals surface area contributed by atoms with Crippen LogP contribution in [0.15, 0.2) is 55.0 Å². The van der Waals surface area contributed by atoms with Crippen LogP contribution in [0.1, 0.15) is 20.7 Å². The van der Waals surface area contributed by atoms with Crippen LogP contribution < -0.4 is 10.6 Å². The predicted molar refractivity (Wildman–Crippen MR) is 97.4 cm³/mol. The lowest BCUT2D eigenvalue weighted by molar-refractivity contribution is 0.101. The van der Waals surface area contributed by atoms with E-state index < -0.39 is 5.91 Å². The Labute approximate surface area is 153 Å². The van der Waals surface area contributed by atoms with Crippen molar-refractivity contribution >= 4 is 46.5 Å². The number of rotatable bonds is 4. The van der Waals surface area contributed by atoms with Gasteiger partial charge in [-0.15, -0.1) is 0 Å². The molecule has 3 rings (SSSR count). The second-order valence-electron chi connectivity index (χ2n) is 5.03. The average molecular weight is 375 g/mol. The Morgan fingerprint density at radius 1 is 1.00 bits per heavy atom. The van der Waals surface area contributed by atoms with E-state index in [9.17, 15) is 9.59 Å². The van der Waals surface area contributed by atoms with E-state index in [1.807, 2.05) is 0 Å².